The van der Waals surface area contributed by atoms with Crippen LogP contribution in [-0.2, 0) is 11.3 Å². The number of nitrogens with one attached hydrogen (secondary N) is 2. The van der Waals surface area contributed by atoms with Crippen LogP contribution in [-0.4, -0.2) is 77.3 Å². The summed E-state index contributed by atoms with van der Waals surface area (Å²) in [6.45, 7) is 6.66. The summed E-state index contributed by atoms with van der Waals surface area (Å²) in [5.74, 6) is -1.38. The molecule has 0 saturated carbocycles. The van der Waals surface area contributed by atoms with E-state index in [2.05, 4.69) is 34.3 Å². The highest BCUT2D eigenvalue weighted by atomic mass is 32.1. The van der Waals surface area contributed by atoms with Gasteiger partial charge < -0.3 is 15.3 Å². The van der Waals surface area contributed by atoms with Crippen LogP contribution in [0.1, 0.15) is 29.6 Å². The molecule has 2 aromatic rings. The number of hydroxylamine groups is 1. The topological polar surface area (TPSA) is 105 Å². The van der Waals surface area contributed by atoms with Crippen LogP contribution in [0.3, 0.4) is 0 Å². The van der Waals surface area contributed by atoms with Gasteiger partial charge in [0.05, 0.1) is 6.10 Å². The first-order valence-electron chi connectivity index (χ1n) is 9.90. The van der Waals surface area contributed by atoms with E-state index in [1.807, 2.05) is 12.1 Å². The van der Waals surface area contributed by atoms with Gasteiger partial charge in [0.1, 0.15) is 6.04 Å². The van der Waals surface area contributed by atoms with Gasteiger partial charge in [0.25, 0.3) is 11.8 Å². The van der Waals surface area contributed by atoms with Crippen LogP contribution in [0.5, 0.6) is 0 Å². The fourth-order valence-corrected chi connectivity index (χ4v) is 4.39. The Hall–Kier alpha value is -2.30. The standard InChI is InChI=1S/C21H28N4O4S.CH4/c1-14(26)19(21(28)23-29)22-20(27)16-5-3-15(4-6-16)18-8-7-17(30-18)13-25-11-9-24(2)10-12-25;/h3-8,14,19,26,29H,9-13H2,1-2H3,(H,22,27)(H,23,28);1H4/t14-,19+;/m1./s1. The molecular formula is C22H32N4O4S. The molecule has 1 aromatic heterocycles. The Morgan fingerprint density at radius 3 is 2.32 bits per heavy atom. The molecule has 1 fully saturated rings. The van der Waals surface area contributed by atoms with E-state index in [9.17, 15) is 14.7 Å². The van der Waals surface area contributed by atoms with Gasteiger partial charge >= 0.3 is 0 Å². The molecule has 1 aliphatic heterocycles. The first kappa shape index (κ1) is 25.0. The Balaban J connectivity index is 0.00000341. The molecule has 0 spiro atoms. The summed E-state index contributed by atoms with van der Waals surface area (Å²) < 4.78 is 0. The van der Waals surface area contributed by atoms with E-state index in [4.69, 9.17) is 5.21 Å². The molecule has 4 N–H and O–H groups in total. The minimum atomic E-state index is -1.24. The van der Waals surface area contributed by atoms with Crippen molar-refractivity contribution in [2.45, 2.75) is 33.0 Å². The highest BCUT2D eigenvalue weighted by Crippen LogP contribution is 2.29. The number of thiophene rings is 1. The molecule has 1 saturated heterocycles. The van der Waals surface area contributed by atoms with Gasteiger partial charge in [-0.05, 0) is 43.8 Å². The lowest BCUT2D eigenvalue weighted by molar-refractivity contribution is -0.133. The number of hydrogen-bond donors (Lipinski definition) is 4. The minimum absolute atomic E-state index is 0. The van der Waals surface area contributed by atoms with Crippen LogP contribution in [0.25, 0.3) is 10.4 Å². The lowest BCUT2D eigenvalue weighted by atomic mass is 10.1. The summed E-state index contributed by atoms with van der Waals surface area (Å²) in [4.78, 5) is 31.2. The van der Waals surface area contributed by atoms with Gasteiger partial charge in [0.2, 0.25) is 0 Å². The number of carbonyl (C=O) groups is 2. The number of hydrogen-bond acceptors (Lipinski definition) is 7. The molecule has 0 unspecified atom stereocenters. The van der Waals surface area contributed by atoms with Gasteiger partial charge in [-0.2, -0.15) is 0 Å². The Labute approximate surface area is 187 Å². The van der Waals surface area contributed by atoms with Crippen LogP contribution in [0.15, 0.2) is 36.4 Å². The number of carbonyl (C=O) groups excluding carboxylic acids is 2. The van der Waals surface area contributed by atoms with E-state index in [0.717, 1.165) is 43.2 Å². The second kappa shape index (κ2) is 11.4. The average molecular weight is 449 g/mol. The van der Waals surface area contributed by atoms with Crippen molar-refractivity contribution in [3.63, 3.8) is 0 Å². The third kappa shape index (κ3) is 6.59. The van der Waals surface area contributed by atoms with Crippen LogP contribution >= 0.6 is 11.3 Å². The Morgan fingerprint density at radius 2 is 1.74 bits per heavy atom. The summed E-state index contributed by atoms with van der Waals surface area (Å²) >= 11 is 1.75. The van der Waals surface area contributed by atoms with E-state index in [1.54, 1.807) is 23.5 Å². The van der Waals surface area contributed by atoms with Gasteiger partial charge in [0, 0.05) is 48.0 Å². The predicted molar refractivity (Wildman–Crippen MR) is 122 cm³/mol. The molecule has 0 radical (unpaired) electrons. The number of likely N-dealkylation sites (N-methyl/N-ethyl adjacent to an activating group) is 1. The molecule has 2 heterocycles. The molecule has 2 amide bonds. The number of nitrogens with zero attached hydrogens (tertiary/aromatic N) is 2. The summed E-state index contributed by atoms with van der Waals surface area (Å²) in [7, 11) is 2.15. The summed E-state index contributed by atoms with van der Waals surface area (Å²) in [5, 5.41) is 20.8. The van der Waals surface area contributed by atoms with Gasteiger partial charge in [-0.25, -0.2) is 5.48 Å². The Kier molecular flexibility index (Phi) is 9.15. The molecule has 8 nitrogen and oxygen atoms in total. The fourth-order valence-electron chi connectivity index (χ4n) is 3.33. The van der Waals surface area contributed by atoms with E-state index in [-0.39, 0.29) is 7.43 Å². The van der Waals surface area contributed by atoms with Crippen molar-refractivity contribution in [2.24, 2.45) is 0 Å². The molecule has 3 rings (SSSR count). The third-order valence-corrected chi connectivity index (χ3v) is 6.35. The quantitative estimate of drug-likeness (QED) is 0.380. The normalized spacial score (nSPS) is 16.8. The molecule has 1 aliphatic rings. The maximum atomic E-state index is 12.4. The zero-order chi connectivity index (χ0) is 21.7. The van der Waals surface area contributed by atoms with Crippen LogP contribution in [0.4, 0.5) is 0 Å². The van der Waals surface area contributed by atoms with Gasteiger partial charge in [0.15, 0.2) is 0 Å². The number of benzene rings is 1. The third-order valence-electron chi connectivity index (χ3n) is 5.23. The zero-order valence-corrected chi connectivity index (χ0v) is 18.0. The molecule has 1 aromatic carbocycles. The van der Waals surface area contributed by atoms with E-state index >= 15 is 0 Å². The van der Waals surface area contributed by atoms with Gasteiger partial charge in [-0.15, -0.1) is 11.3 Å². The second-order valence-corrected chi connectivity index (χ2v) is 8.76. The van der Waals surface area contributed by atoms with Crippen molar-refractivity contribution in [3.05, 3.63) is 46.8 Å². The minimum Gasteiger partial charge on any atom is -0.391 e. The molecule has 170 valence electrons. The number of rotatable bonds is 7. The summed E-state index contributed by atoms with van der Waals surface area (Å²) in [6.07, 6.45) is -1.15. The van der Waals surface area contributed by atoms with E-state index in [0.29, 0.717) is 5.56 Å². The van der Waals surface area contributed by atoms with E-state index in [1.165, 1.54) is 17.3 Å². The Bertz CT molecular complexity index is 861. The predicted octanol–water partition coefficient (Wildman–Crippen LogP) is 1.78. The monoisotopic (exact) mass is 448 g/mol. The maximum Gasteiger partial charge on any atom is 0.268 e. The molecule has 31 heavy (non-hydrogen) atoms. The van der Waals surface area contributed by atoms with Gasteiger partial charge in [-0.1, -0.05) is 19.6 Å². The maximum absolute atomic E-state index is 12.4. The van der Waals surface area contributed by atoms with Crippen molar-refractivity contribution < 1.29 is 19.9 Å². The van der Waals surface area contributed by atoms with Crippen LogP contribution in [0, 0.1) is 0 Å². The van der Waals surface area contributed by atoms with Crippen molar-refractivity contribution in [2.75, 3.05) is 33.2 Å². The van der Waals surface area contributed by atoms with Crippen molar-refractivity contribution >= 4 is 23.2 Å². The number of amides is 2. The van der Waals surface area contributed by atoms with Crippen LogP contribution < -0.4 is 10.8 Å². The number of aliphatic hydroxyl groups excluding tert-OH is 1. The molecule has 0 aliphatic carbocycles. The lowest BCUT2D eigenvalue weighted by Gasteiger charge is -2.31. The van der Waals surface area contributed by atoms with Crippen molar-refractivity contribution in [3.8, 4) is 10.4 Å². The van der Waals surface area contributed by atoms with E-state index < -0.39 is 24.0 Å². The number of aliphatic hydroxyl groups is 1. The SMILES string of the molecule is C.C[C@@H](O)[C@H](NC(=O)c1ccc(-c2ccc(CN3CCN(C)CC3)s2)cc1)C(=O)NO. The van der Waals surface area contributed by atoms with Crippen molar-refractivity contribution in [1.82, 2.24) is 20.6 Å². The highest BCUT2D eigenvalue weighted by molar-refractivity contribution is 7.15. The summed E-state index contributed by atoms with van der Waals surface area (Å²) in [5.41, 5.74) is 2.83. The molecule has 9 heteroatoms. The number of piperazine rings is 1. The lowest BCUT2D eigenvalue weighted by Crippen LogP contribution is -2.51. The highest BCUT2D eigenvalue weighted by Gasteiger charge is 2.25. The second-order valence-electron chi connectivity index (χ2n) is 7.59. The average Bonchev–Trinajstić information content (AvgIpc) is 3.21. The summed E-state index contributed by atoms with van der Waals surface area (Å²) in [6, 6.07) is 10.1. The zero-order valence-electron chi connectivity index (χ0n) is 17.2. The molecular weight excluding hydrogens is 416 g/mol. The fraction of sp³-hybridized carbons (Fsp3) is 0.455. The largest absolute Gasteiger partial charge is 0.391 e. The Morgan fingerprint density at radius 1 is 1.10 bits per heavy atom. The molecule has 0 bridgehead atoms. The van der Waals surface area contributed by atoms with Crippen LogP contribution in [0.2, 0.25) is 0 Å². The first-order valence-corrected chi connectivity index (χ1v) is 10.7. The first-order chi connectivity index (χ1) is 14.4. The molecule has 2 atom stereocenters. The van der Waals surface area contributed by atoms with Gasteiger partial charge in [-0.3, -0.25) is 19.7 Å². The van der Waals surface area contributed by atoms with Crippen molar-refractivity contribution in [1.29, 1.82) is 0 Å². The smallest absolute Gasteiger partial charge is 0.268 e.